The van der Waals surface area contributed by atoms with Crippen LogP contribution in [0.15, 0.2) is 30.5 Å². The second-order valence-corrected chi connectivity index (χ2v) is 8.70. The summed E-state index contributed by atoms with van der Waals surface area (Å²) in [4.78, 5) is 52.1. The van der Waals surface area contributed by atoms with Crippen molar-refractivity contribution in [2.45, 2.75) is 64.4 Å². The van der Waals surface area contributed by atoms with E-state index in [-0.39, 0.29) is 12.3 Å². The number of para-hydroxylation sites is 1. The summed E-state index contributed by atoms with van der Waals surface area (Å²) >= 11 is 0. The SMILES string of the molecule is CC(NC(=O)C(NC(=O)C(N)Cc1c[nH]c2ccccc12)C(C)O)C(=O)NC(C(=O)O)C(C)C. The molecule has 5 unspecified atom stereocenters. The number of amides is 3. The molecule has 0 aliphatic rings. The number of aliphatic carboxylic acids is 1. The summed E-state index contributed by atoms with van der Waals surface area (Å²) in [7, 11) is 0. The molecule has 0 radical (unpaired) electrons. The number of aliphatic hydroxyl groups excluding tert-OH is 1. The van der Waals surface area contributed by atoms with Crippen molar-refractivity contribution in [2.75, 3.05) is 0 Å². The Morgan fingerprint density at radius 2 is 1.56 bits per heavy atom. The molecule has 1 heterocycles. The molecule has 0 aliphatic carbocycles. The van der Waals surface area contributed by atoms with Gasteiger partial charge in [0.15, 0.2) is 0 Å². The molecular formula is C23H33N5O6. The van der Waals surface area contributed by atoms with Crippen molar-refractivity contribution in [1.29, 1.82) is 0 Å². The molecule has 2 aromatic rings. The second kappa shape index (κ2) is 11.6. The van der Waals surface area contributed by atoms with Crippen LogP contribution < -0.4 is 21.7 Å². The average molecular weight is 476 g/mol. The smallest absolute Gasteiger partial charge is 0.326 e. The van der Waals surface area contributed by atoms with Crippen molar-refractivity contribution in [3.63, 3.8) is 0 Å². The number of carboxylic acid groups (broad SMARTS) is 1. The maximum atomic E-state index is 12.7. The highest BCUT2D eigenvalue weighted by Crippen LogP contribution is 2.18. The molecule has 11 heteroatoms. The maximum absolute atomic E-state index is 12.7. The lowest BCUT2D eigenvalue weighted by Gasteiger charge is -2.25. The van der Waals surface area contributed by atoms with E-state index in [1.54, 1.807) is 20.0 Å². The van der Waals surface area contributed by atoms with Crippen molar-refractivity contribution in [3.05, 3.63) is 36.0 Å². The van der Waals surface area contributed by atoms with E-state index in [2.05, 4.69) is 20.9 Å². The van der Waals surface area contributed by atoms with Gasteiger partial charge in [-0.2, -0.15) is 0 Å². The van der Waals surface area contributed by atoms with Gasteiger partial charge >= 0.3 is 5.97 Å². The molecule has 0 bridgehead atoms. The first-order valence-corrected chi connectivity index (χ1v) is 11.0. The number of carbonyl (C=O) groups is 4. The van der Waals surface area contributed by atoms with Crippen LogP contribution in [0.1, 0.15) is 33.3 Å². The van der Waals surface area contributed by atoms with E-state index in [4.69, 9.17) is 5.73 Å². The molecule has 5 atom stereocenters. The summed E-state index contributed by atoms with van der Waals surface area (Å²) in [5, 5.41) is 27.4. The Bertz CT molecular complexity index is 1030. The van der Waals surface area contributed by atoms with Gasteiger partial charge in [0.05, 0.1) is 12.1 Å². The molecule has 11 nitrogen and oxygen atoms in total. The van der Waals surface area contributed by atoms with Gasteiger partial charge in [-0.3, -0.25) is 14.4 Å². The number of aliphatic hydroxyl groups is 1. The minimum absolute atomic E-state index is 0.203. The Kier molecular flexibility index (Phi) is 9.16. The van der Waals surface area contributed by atoms with Gasteiger partial charge < -0.3 is 36.9 Å². The van der Waals surface area contributed by atoms with Crippen LogP contribution in [0.3, 0.4) is 0 Å². The van der Waals surface area contributed by atoms with E-state index < -0.39 is 54.0 Å². The number of aromatic nitrogens is 1. The van der Waals surface area contributed by atoms with Crippen LogP contribution in [-0.4, -0.2) is 69.2 Å². The van der Waals surface area contributed by atoms with E-state index in [0.717, 1.165) is 16.5 Å². The highest BCUT2D eigenvalue weighted by molar-refractivity contribution is 5.94. The van der Waals surface area contributed by atoms with Crippen molar-refractivity contribution < 1.29 is 29.4 Å². The molecule has 0 spiro atoms. The molecule has 0 saturated carbocycles. The van der Waals surface area contributed by atoms with Gasteiger partial charge in [0, 0.05) is 17.1 Å². The lowest BCUT2D eigenvalue weighted by Crippen LogP contribution is -2.59. The maximum Gasteiger partial charge on any atom is 0.326 e. The van der Waals surface area contributed by atoms with Crippen LogP contribution >= 0.6 is 0 Å². The summed E-state index contributed by atoms with van der Waals surface area (Å²) in [6.07, 6.45) is 0.689. The number of benzene rings is 1. The number of nitrogens with one attached hydrogen (secondary N) is 4. The Hall–Kier alpha value is -3.44. The second-order valence-electron chi connectivity index (χ2n) is 8.70. The summed E-state index contributed by atoms with van der Waals surface area (Å²) in [5.41, 5.74) is 7.79. The third kappa shape index (κ3) is 6.78. The normalized spacial score (nSPS) is 15.7. The van der Waals surface area contributed by atoms with Gasteiger partial charge in [-0.25, -0.2) is 4.79 Å². The lowest BCUT2D eigenvalue weighted by molar-refractivity contribution is -0.143. The first-order valence-electron chi connectivity index (χ1n) is 11.0. The molecule has 2 rings (SSSR count). The number of aromatic amines is 1. The van der Waals surface area contributed by atoms with E-state index in [0.29, 0.717) is 0 Å². The number of fused-ring (bicyclic) bond motifs is 1. The average Bonchev–Trinajstić information content (AvgIpc) is 3.17. The summed E-state index contributed by atoms with van der Waals surface area (Å²) in [6.45, 7) is 5.97. The lowest BCUT2D eigenvalue weighted by atomic mass is 10.0. The topological polar surface area (TPSA) is 187 Å². The molecule has 0 fully saturated rings. The summed E-state index contributed by atoms with van der Waals surface area (Å²) in [6, 6.07) is 2.97. The number of carbonyl (C=O) groups excluding carboxylic acids is 3. The minimum atomic E-state index is -1.36. The summed E-state index contributed by atoms with van der Waals surface area (Å²) in [5.74, 6) is -3.72. The standard InChI is InChI=1S/C23H33N5O6/c1-11(2)18(23(33)34)27-20(30)12(3)26-22(32)19(13(4)29)28-21(31)16(24)9-14-10-25-17-8-6-5-7-15(14)17/h5-8,10-13,16,18-19,25,29H,9,24H2,1-4H3,(H,26,32)(H,27,30)(H,28,31)(H,33,34). The molecule has 0 saturated heterocycles. The molecule has 3 amide bonds. The Labute approximate surface area is 197 Å². The Morgan fingerprint density at radius 1 is 0.941 bits per heavy atom. The van der Waals surface area contributed by atoms with Gasteiger partial charge in [0.1, 0.15) is 18.1 Å². The zero-order chi connectivity index (χ0) is 25.6. The van der Waals surface area contributed by atoms with E-state index in [1.807, 2.05) is 24.3 Å². The van der Waals surface area contributed by atoms with E-state index >= 15 is 0 Å². The van der Waals surface area contributed by atoms with E-state index in [9.17, 15) is 29.4 Å². The number of hydrogen-bond donors (Lipinski definition) is 7. The Morgan fingerprint density at radius 3 is 2.15 bits per heavy atom. The van der Waals surface area contributed by atoms with Crippen molar-refractivity contribution in [3.8, 4) is 0 Å². The fourth-order valence-electron chi connectivity index (χ4n) is 3.46. The molecular weight excluding hydrogens is 442 g/mol. The third-order valence-corrected chi connectivity index (χ3v) is 5.50. The first-order chi connectivity index (χ1) is 15.9. The molecule has 8 N–H and O–H groups in total. The van der Waals surface area contributed by atoms with Crippen LogP contribution in [-0.2, 0) is 25.6 Å². The minimum Gasteiger partial charge on any atom is -0.480 e. The van der Waals surface area contributed by atoms with Crippen molar-refractivity contribution in [2.24, 2.45) is 11.7 Å². The van der Waals surface area contributed by atoms with Crippen LogP contribution in [0.2, 0.25) is 0 Å². The predicted molar refractivity (Wildman–Crippen MR) is 126 cm³/mol. The van der Waals surface area contributed by atoms with Crippen LogP contribution in [0.25, 0.3) is 10.9 Å². The number of carboxylic acids is 1. The van der Waals surface area contributed by atoms with Gasteiger partial charge in [0.2, 0.25) is 17.7 Å². The van der Waals surface area contributed by atoms with Crippen LogP contribution in [0.5, 0.6) is 0 Å². The molecule has 0 aliphatic heterocycles. The van der Waals surface area contributed by atoms with Gasteiger partial charge in [0.25, 0.3) is 0 Å². The highest BCUT2D eigenvalue weighted by Gasteiger charge is 2.31. The molecule has 1 aromatic heterocycles. The van der Waals surface area contributed by atoms with Crippen LogP contribution in [0, 0.1) is 5.92 Å². The van der Waals surface area contributed by atoms with Crippen molar-refractivity contribution >= 4 is 34.6 Å². The predicted octanol–water partition coefficient (Wildman–Crippen LogP) is -0.367. The fourth-order valence-corrected chi connectivity index (χ4v) is 3.46. The molecule has 1 aromatic carbocycles. The third-order valence-electron chi connectivity index (χ3n) is 5.50. The number of H-pyrrole nitrogens is 1. The quantitative estimate of drug-likeness (QED) is 0.231. The van der Waals surface area contributed by atoms with Gasteiger partial charge in [-0.05, 0) is 37.8 Å². The summed E-state index contributed by atoms with van der Waals surface area (Å²) < 4.78 is 0. The van der Waals surface area contributed by atoms with Crippen LogP contribution in [0.4, 0.5) is 0 Å². The van der Waals surface area contributed by atoms with Crippen molar-refractivity contribution in [1.82, 2.24) is 20.9 Å². The highest BCUT2D eigenvalue weighted by atomic mass is 16.4. The monoisotopic (exact) mass is 475 g/mol. The number of nitrogens with two attached hydrogens (primary N) is 1. The number of hydrogen-bond acceptors (Lipinski definition) is 6. The van der Waals surface area contributed by atoms with Gasteiger partial charge in [-0.15, -0.1) is 0 Å². The largest absolute Gasteiger partial charge is 0.480 e. The zero-order valence-corrected chi connectivity index (χ0v) is 19.7. The molecule has 34 heavy (non-hydrogen) atoms. The van der Waals surface area contributed by atoms with Gasteiger partial charge in [-0.1, -0.05) is 32.0 Å². The molecule has 186 valence electrons. The first kappa shape index (κ1) is 26.8. The van der Waals surface area contributed by atoms with E-state index in [1.165, 1.54) is 13.8 Å². The Balaban J connectivity index is 2.00. The fraction of sp³-hybridized carbons (Fsp3) is 0.478. The number of rotatable bonds is 11. The zero-order valence-electron chi connectivity index (χ0n) is 19.7.